The van der Waals surface area contributed by atoms with Crippen LogP contribution in [0.25, 0.3) is 0 Å². The molecule has 0 spiro atoms. The average Bonchev–Trinajstić information content (AvgIpc) is 2.71. The van der Waals surface area contributed by atoms with Crippen molar-refractivity contribution in [3.05, 3.63) is 72.7 Å². The number of nitrogens with zero attached hydrogens (tertiary/aromatic N) is 3. The van der Waals surface area contributed by atoms with E-state index < -0.39 is 0 Å². The normalized spacial score (nSPS) is 10.6. The number of para-hydroxylation sites is 3. The summed E-state index contributed by atoms with van der Waals surface area (Å²) in [5, 5.41) is 3.22. The smallest absolute Gasteiger partial charge is 0.277 e. The summed E-state index contributed by atoms with van der Waals surface area (Å²) >= 11 is 0. The highest BCUT2D eigenvalue weighted by Gasteiger charge is 2.18. The van der Waals surface area contributed by atoms with Crippen LogP contribution in [0.3, 0.4) is 0 Å². The van der Waals surface area contributed by atoms with Gasteiger partial charge in [0.25, 0.3) is 5.91 Å². The molecule has 0 saturated carbocycles. The number of rotatable bonds is 7. The van der Waals surface area contributed by atoms with E-state index in [1.165, 1.54) is 6.33 Å². The van der Waals surface area contributed by atoms with Crippen molar-refractivity contribution in [3.63, 3.8) is 0 Å². The Morgan fingerprint density at radius 3 is 2.50 bits per heavy atom. The second-order valence-electron chi connectivity index (χ2n) is 6.46. The van der Waals surface area contributed by atoms with Crippen molar-refractivity contribution in [2.75, 3.05) is 16.8 Å². The van der Waals surface area contributed by atoms with E-state index in [-0.39, 0.29) is 12.0 Å². The van der Waals surface area contributed by atoms with Gasteiger partial charge in [0.1, 0.15) is 23.6 Å². The van der Waals surface area contributed by atoms with Gasteiger partial charge in [-0.05, 0) is 45.0 Å². The van der Waals surface area contributed by atoms with Crippen molar-refractivity contribution in [2.45, 2.75) is 26.9 Å². The molecule has 1 N–H and O–H groups in total. The third-order valence-electron chi connectivity index (χ3n) is 4.03. The molecule has 0 atom stereocenters. The van der Waals surface area contributed by atoms with Crippen molar-refractivity contribution in [1.29, 1.82) is 0 Å². The molecule has 0 radical (unpaired) electrons. The molecular formula is C22H24N4O2. The van der Waals surface area contributed by atoms with Gasteiger partial charge in [0.05, 0.1) is 11.8 Å². The molecule has 3 rings (SSSR count). The number of carbonyl (C=O) groups excluding carboxylic acids is 1. The van der Waals surface area contributed by atoms with Crippen molar-refractivity contribution in [1.82, 2.24) is 9.97 Å². The first-order chi connectivity index (χ1) is 13.6. The van der Waals surface area contributed by atoms with Crippen LogP contribution in [0.15, 0.2) is 67.0 Å². The van der Waals surface area contributed by atoms with E-state index in [1.54, 1.807) is 11.0 Å². The predicted octanol–water partition coefficient (Wildman–Crippen LogP) is 4.67. The summed E-state index contributed by atoms with van der Waals surface area (Å²) in [4.78, 5) is 23.1. The minimum atomic E-state index is -0.175. The van der Waals surface area contributed by atoms with Crippen molar-refractivity contribution in [2.24, 2.45) is 0 Å². The summed E-state index contributed by atoms with van der Waals surface area (Å²) < 4.78 is 5.83. The molecule has 1 amide bonds. The van der Waals surface area contributed by atoms with Gasteiger partial charge >= 0.3 is 0 Å². The van der Waals surface area contributed by atoms with Gasteiger partial charge in [0.2, 0.25) is 0 Å². The van der Waals surface area contributed by atoms with Crippen LogP contribution in [0.2, 0.25) is 0 Å². The molecule has 0 aliphatic carbocycles. The van der Waals surface area contributed by atoms with Gasteiger partial charge < -0.3 is 15.0 Å². The maximum Gasteiger partial charge on any atom is 0.277 e. The van der Waals surface area contributed by atoms with Crippen LogP contribution >= 0.6 is 0 Å². The van der Waals surface area contributed by atoms with Gasteiger partial charge in [-0.1, -0.05) is 30.3 Å². The van der Waals surface area contributed by atoms with Crippen LogP contribution in [0.4, 0.5) is 17.2 Å². The van der Waals surface area contributed by atoms with Crippen molar-refractivity contribution < 1.29 is 9.53 Å². The lowest BCUT2D eigenvalue weighted by atomic mass is 10.2. The Morgan fingerprint density at radius 2 is 1.79 bits per heavy atom. The minimum absolute atomic E-state index is 0.0504. The molecule has 0 saturated heterocycles. The highest BCUT2D eigenvalue weighted by molar-refractivity contribution is 6.05. The van der Waals surface area contributed by atoms with E-state index in [4.69, 9.17) is 4.74 Å². The summed E-state index contributed by atoms with van der Waals surface area (Å²) in [5.74, 6) is 1.08. The maximum atomic E-state index is 13.0. The highest BCUT2D eigenvalue weighted by atomic mass is 16.5. The van der Waals surface area contributed by atoms with Gasteiger partial charge in [-0.15, -0.1) is 0 Å². The zero-order chi connectivity index (χ0) is 19.9. The summed E-state index contributed by atoms with van der Waals surface area (Å²) in [5.41, 5.74) is 1.94. The maximum absolute atomic E-state index is 13.0. The van der Waals surface area contributed by atoms with Crippen molar-refractivity contribution in [3.8, 4) is 5.75 Å². The molecule has 0 aliphatic heterocycles. The molecule has 6 nitrogen and oxygen atoms in total. The van der Waals surface area contributed by atoms with Gasteiger partial charge in [0, 0.05) is 18.3 Å². The van der Waals surface area contributed by atoms with Crippen LogP contribution in [0.1, 0.15) is 31.3 Å². The molecular weight excluding hydrogens is 352 g/mol. The summed E-state index contributed by atoms with van der Waals surface area (Å²) in [6.45, 7) is 6.42. The Kier molecular flexibility index (Phi) is 6.22. The number of carbonyl (C=O) groups is 1. The van der Waals surface area contributed by atoms with Crippen molar-refractivity contribution >= 4 is 23.1 Å². The summed E-state index contributed by atoms with van der Waals surface area (Å²) in [6, 6.07) is 18.8. The lowest BCUT2D eigenvalue weighted by molar-refractivity contribution is 0.0983. The quantitative estimate of drug-likeness (QED) is 0.649. The Balaban J connectivity index is 1.84. The largest absolute Gasteiger partial charge is 0.489 e. The molecule has 144 valence electrons. The van der Waals surface area contributed by atoms with Crippen LogP contribution in [-0.2, 0) is 0 Å². The van der Waals surface area contributed by atoms with E-state index in [0.29, 0.717) is 18.1 Å². The van der Waals surface area contributed by atoms with Crippen LogP contribution in [0, 0.1) is 0 Å². The minimum Gasteiger partial charge on any atom is -0.489 e. The fraction of sp³-hybridized carbons (Fsp3) is 0.227. The van der Waals surface area contributed by atoms with E-state index in [2.05, 4.69) is 15.3 Å². The number of ether oxygens (including phenoxy) is 1. The highest BCUT2D eigenvalue weighted by Crippen LogP contribution is 2.27. The first-order valence-corrected chi connectivity index (χ1v) is 9.30. The number of nitrogens with one attached hydrogen (secondary N) is 1. The van der Waals surface area contributed by atoms with E-state index >= 15 is 0 Å². The second-order valence-corrected chi connectivity index (χ2v) is 6.46. The summed E-state index contributed by atoms with van der Waals surface area (Å²) in [6.07, 6.45) is 1.44. The Labute approximate surface area is 165 Å². The topological polar surface area (TPSA) is 67.4 Å². The average molecular weight is 376 g/mol. The number of anilines is 3. The number of aromatic nitrogens is 2. The molecule has 6 heteroatoms. The molecule has 1 aromatic heterocycles. The SMILES string of the molecule is CCN(C(=O)c1cc(Nc2ccccc2OC(C)C)ncn1)c1ccccc1. The molecule has 0 fully saturated rings. The Hall–Kier alpha value is -3.41. The zero-order valence-electron chi connectivity index (χ0n) is 16.3. The number of amides is 1. The van der Waals surface area contributed by atoms with E-state index in [0.717, 1.165) is 17.1 Å². The standard InChI is InChI=1S/C22H24N4O2/c1-4-26(17-10-6-5-7-11-17)22(27)19-14-21(24-15-23-19)25-18-12-8-9-13-20(18)28-16(2)3/h5-16H,4H2,1-3H3,(H,23,24,25). The van der Waals surface area contributed by atoms with Crippen LogP contribution in [0.5, 0.6) is 5.75 Å². The fourth-order valence-electron chi connectivity index (χ4n) is 2.80. The lowest BCUT2D eigenvalue weighted by Gasteiger charge is -2.20. The Bertz CT molecular complexity index is 929. The van der Waals surface area contributed by atoms with E-state index in [1.807, 2.05) is 75.4 Å². The van der Waals surface area contributed by atoms with E-state index in [9.17, 15) is 4.79 Å². The van der Waals surface area contributed by atoms with Crippen LogP contribution in [-0.4, -0.2) is 28.5 Å². The van der Waals surface area contributed by atoms with Gasteiger partial charge in [-0.2, -0.15) is 0 Å². The van der Waals surface area contributed by atoms with Gasteiger partial charge in [-0.3, -0.25) is 4.79 Å². The van der Waals surface area contributed by atoms with Crippen LogP contribution < -0.4 is 15.0 Å². The summed E-state index contributed by atoms with van der Waals surface area (Å²) in [7, 11) is 0. The molecule has 2 aromatic carbocycles. The first-order valence-electron chi connectivity index (χ1n) is 9.30. The number of hydrogen-bond acceptors (Lipinski definition) is 5. The molecule has 0 unspecified atom stereocenters. The second kappa shape index (κ2) is 8.99. The molecule has 28 heavy (non-hydrogen) atoms. The fourth-order valence-corrected chi connectivity index (χ4v) is 2.80. The number of hydrogen-bond donors (Lipinski definition) is 1. The zero-order valence-corrected chi connectivity index (χ0v) is 16.3. The molecule has 0 bridgehead atoms. The molecule has 1 heterocycles. The third kappa shape index (κ3) is 4.65. The monoisotopic (exact) mass is 376 g/mol. The number of benzene rings is 2. The predicted molar refractivity (Wildman–Crippen MR) is 111 cm³/mol. The molecule has 3 aromatic rings. The van der Waals surface area contributed by atoms with Gasteiger partial charge in [0.15, 0.2) is 0 Å². The molecule has 0 aliphatic rings. The lowest BCUT2D eigenvalue weighted by Crippen LogP contribution is -2.31. The van der Waals surface area contributed by atoms with Gasteiger partial charge in [-0.25, -0.2) is 9.97 Å². The first kappa shape index (κ1) is 19.4. The third-order valence-corrected chi connectivity index (χ3v) is 4.03. The Morgan fingerprint density at radius 1 is 1.07 bits per heavy atom.